The SMILES string of the molecule is CC1(C)CCc2ncnc(N3CCOc4ccc(-c5cnc(N)c(S(=O)(=O)NCC(O)C(F)(F)F)c5)cc4C3)c2C1. The van der Waals surface area contributed by atoms with Crippen LogP contribution in [-0.2, 0) is 29.4 Å². The number of nitrogens with one attached hydrogen (secondary N) is 1. The van der Waals surface area contributed by atoms with Gasteiger partial charge in [0.05, 0.1) is 6.54 Å². The van der Waals surface area contributed by atoms with Gasteiger partial charge < -0.3 is 20.5 Å². The van der Waals surface area contributed by atoms with Crippen molar-refractivity contribution in [1.29, 1.82) is 0 Å². The Balaban J connectivity index is 1.44. The molecule has 0 bridgehead atoms. The second-order valence-corrected chi connectivity index (χ2v) is 12.8. The van der Waals surface area contributed by atoms with Gasteiger partial charge in [-0.1, -0.05) is 19.9 Å². The van der Waals surface area contributed by atoms with Crippen LogP contribution in [-0.4, -0.2) is 60.5 Å². The zero-order chi connectivity index (χ0) is 29.6. The maximum absolute atomic E-state index is 12.8. The van der Waals surface area contributed by atoms with Crippen molar-refractivity contribution in [1.82, 2.24) is 19.7 Å². The number of aliphatic hydroxyl groups excluding tert-OH is 1. The normalized spacial score (nSPS) is 17.7. The number of rotatable bonds is 6. The molecule has 3 aromatic rings. The lowest BCUT2D eigenvalue weighted by atomic mass is 9.76. The highest BCUT2D eigenvalue weighted by Crippen LogP contribution is 2.39. The molecule has 0 spiro atoms. The molecule has 1 aliphatic carbocycles. The molecular weight excluding hydrogens is 561 g/mol. The highest BCUT2D eigenvalue weighted by Gasteiger charge is 2.39. The first kappa shape index (κ1) is 29.0. The molecular formula is C27H31F3N6O4S. The van der Waals surface area contributed by atoms with Crippen LogP contribution in [0.25, 0.3) is 11.1 Å². The number of pyridine rings is 1. The van der Waals surface area contributed by atoms with E-state index >= 15 is 0 Å². The molecule has 41 heavy (non-hydrogen) atoms. The van der Waals surface area contributed by atoms with Gasteiger partial charge in [-0.05, 0) is 48.4 Å². The first-order valence-electron chi connectivity index (χ1n) is 13.1. The van der Waals surface area contributed by atoms with E-state index in [0.29, 0.717) is 36.6 Å². The molecule has 2 aromatic heterocycles. The van der Waals surface area contributed by atoms with E-state index < -0.39 is 33.7 Å². The van der Waals surface area contributed by atoms with Gasteiger partial charge in [0.15, 0.2) is 6.10 Å². The molecule has 1 unspecified atom stereocenters. The van der Waals surface area contributed by atoms with Crippen molar-refractivity contribution >= 4 is 21.7 Å². The van der Waals surface area contributed by atoms with Gasteiger partial charge in [0, 0.05) is 41.7 Å². The molecule has 0 radical (unpaired) electrons. The Morgan fingerprint density at radius 2 is 1.98 bits per heavy atom. The second-order valence-electron chi connectivity index (χ2n) is 11.1. The summed E-state index contributed by atoms with van der Waals surface area (Å²) in [7, 11) is -4.51. The number of hydrogen-bond donors (Lipinski definition) is 3. The number of aryl methyl sites for hydroxylation is 1. The minimum atomic E-state index is -4.98. The number of benzene rings is 1. The van der Waals surface area contributed by atoms with Crippen LogP contribution in [0.2, 0.25) is 0 Å². The lowest BCUT2D eigenvalue weighted by molar-refractivity contribution is -0.200. The second kappa shape index (κ2) is 10.7. The predicted octanol–water partition coefficient (Wildman–Crippen LogP) is 3.24. The Labute approximate surface area is 235 Å². The third kappa shape index (κ3) is 6.23. The molecule has 1 atom stereocenters. The highest BCUT2D eigenvalue weighted by molar-refractivity contribution is 7.89. The number of alkyl halides is 3. The van der Waals surface area contributed by atoms with Crippen LogP contribution in [0.5, 0.6) is 5.75 Å². The molecule has 10 nitrogen and oxygen atoms in total. The summed E-state index contributed by atoms with van der Waals surface area (Å²) >= 11 is 0. The first-order chi connectivity index (χ1) is 19.2. The molecule has 0 fully saturated rings. The monoisotopic (exact) mass is 592 g/mol. The van der Waals surface area contributed by atoms with Crippen LogP contribution in [0.1, 0.15) is 37.1 Å². The van der Waals surface area contributed by atoms with Gasteiger partial charge in [-0.15, -0.1) is 0 Å². The van der Waals surface area contributed by atoms with Crippen molar-refractivity contribution in [3.8, 4) is 16.9 Å². The van der Waals surface area contributed by atoms with Crippen LogP contribution in [0.3, 0.4) is 0 Å². The van der Waals surface area contributed by atoms with Gasteiger partial charge in [-0.3, -0.25) is 0 Å². The number of aromatic nitrogens is 3. The molecule has 220 valence electrons. The van der Waals surface area contributed by atoms with Gasteiger partial charge in [0.2, 0.25) is 10.0 Å². The third-order valence-electron chi connectivity index (χ3n) is 7.39. The van der Waals surface area contributed by atoms with Crippen molar-refractivity contribution in [3.05, 3.63) is 53.6 Å². The largest absolute Gasteiger partial charge is 0.491 e. The molecule has 1 aliphatic heterocycles. The standard InChI is InChI=1S/C27H31F3N6O4S/c1-26(2)6-5-20-19(11-26)25(34-15-33-20)36-7-8-40-21-4-3-16(9-18(21)14-36)17-10-22(24(31)32-12-17)41(38,39)35-13-23(37)27(28,29)30/h3-4,9-10,12,15,23,35,37H,5-8,11,13-14H2,1-2H3,(H2,31,32). The van der Waals surface area contributed by atoms with Crippen LogP contribution >= 0.6 is 0 Å². The van der Waals surface area contributed by atoms with Gasteiger partial charge in [-0.2, -0.15) is 13.2 Å². The smallest absolute Gasteiger partial charge is 0.415 e. The lowest BCUT2D eigenvalue weighted by Gasteiger charge is -2.33. The zero-order valence-corrected chi connectivity index (χ0v) is 23.4. The van der Waals surface area contributed by atoms with E-state index in [0.717, 1.165) is 41.9 Å². The fourth-order valence-electron chi connectivity index (χ4n) is 5.10. The fraction of sp³-hybridized carbons (Fsp3) is 0.444. The lowest BCUT2D eigenvalue weighted by Crippen LogP contribution is -2.40. The minimum absolute atomic E-state index is 0.139. The summed E-state index contributed by atoms with van der Waals surface area (Å²) in [5, 5.41) is 9.21. The summed E-state index contributed by atoms with van der Waals surface area (Å²) in [5.41, 5.74) is 9.96. The number of nitrogen functional groups attached to an aromatic ring is 1. The van der Waals surface area contributed by atoms with Gasteiger partial charge in [-0.25, -0.2) is 28.1 Å². The van der Waals surface area contributed by atoms with Crippen LogP contribution in [0.15, 0.2) is 41.7 Å². The van der Waals surface area contributed by atoms with Crippen LogP contribution in [0, 0.1) is 5.41 Å². The van der Waals surface area contributed by atoms with E-state index in [1.807, 2.05) is 6.07 Å². The molecule has 4 N–H and O–H groups in total. The predicted molar refractivity (Wildman–Crippen MR) is 146 cm³/mol. The van der Waals surface area contributed by atoms with Crippen molar-refractivity contribution in [3.63, 3.8) is 0 Å². The van der Waals surface area contributed by atoms with E-state index in [1.165, 1.54) is 12.3 Å². The molecule has 2 aliphatic rings. The quantitative estimate of drug-likeness (QED) is 0.393. The van der Waals surface area contributed by atoms with Crippen molar-refractivity contribution in [2.24, 2.45) is 5.41 Å². The number of nitrogens with zero attached hydrogens (tertiary/aromatic N) is 4. The molecule has 14 heteroatoms. The zero-order valence-electron chi connectivity index (χ0n) is 22.6. The average molecular weight is 593 g/mol. The Bertz CT molecular complexity index is 1570. The van der Waals surface area contributed by atoms with E-state index in [9.17, 15) is 26.7 Å². The Morgan fingerprint density at radius 1 is 1.20 bits per heavy atom. The number of fused-ring (bicyclic) bond motifs is 2. The maximum atomic E-state index is 12.8. The van der Waals surface area contributed by atoms with Crippen LogP contribution in [0.4, 0.5) is 24.8 Å². The average Bonchev–Trinajstić information content (AvgIpc) is 3.12. The first-order valence-corrected chi connectivity index (χ1v) is 14.6. The highest BCUT2D eigenvalue weighted by atomic mass is 32.2. The molecule has 0 amide bonds. The number of sulfonamides is 1. The van der Waals surface area contributed by atoms with Crippen molar-refractivity contribution in [2.75, 3.05) is 30.3 Å². The molecule has 1 aromatic carbocycles. The van der Waals surface area contributed by atoms with E-state index in [2.05, 4.69) is 33.7 Å². The number of halogens is 3. The number of nitrogens with two attached hydrogens (primary N) is 1. The molecule has 0 saturated carbocycles. The number of aliphatic hydroxyl groups is 1. The maximum Gasteiger partial charge on any atom is 0.415 e. The van der Waals surface area contributed by atoms with Gasteiger partial charge >= 0.3 is 6.18 Å². The number of anilines is 2. The van der Waals surface area contributed by atoms with Crippen molar-refractivity contribution < 1.29 is 31.4 Å². The molecule has 3 heterocycles. The summed E-state index contributed by atoms with van der Waals surface area (Å²) < 4.78 is 71.3. The van der Waals surface area contributed by atoms with E-state index in [4.69, 9.17) is 10.5 Å². The Morgan fingerprint density at radius 3 is 2.73 bits per heavy atom. The fourth-order valence-corrected chi connectivity index (χ4v) is 6.24. The van der Waals surface area contributed by atoms with Crippen molar-refractivity contribution in [2.45, 2.75) is 56.8 Å². The summed E-state index contributed by atoms with van der Waals surface area (Å²) in [6.07, 6.45) is -2.05. The Hall–Kier alpha value is -3.49. The number of ether oxygens (including phenoxy) is 1. The number of hydrogen-bond acceptors (Lipinski definition) is 9. The summed E-state index contributed by atoms with van der Waals surface area (Å²) in [6, 6.07) is 6.63. The topological polar surface area (TPSA) is 144 Å². The van der Waals surface area contributed by atoms with Gasteiger partial charge in [0.1, 0.15) is 35.2 Å². The Kier molecular flexibility index (Phi) is 7.59. The third-order valence-corrected chi connectivity index (χ3v) is 8.85. The molecule has 5 rings (SSSR count). The molecule has 0 saturated heterocycles. The van der Waals surface area contributed by atoms with E-state index in [1.54, 1.807) is 23.2 Å². The minimum Gasteiger partial charge on any atom is -0.491 e. The van der Waals surface area contributed by atoms with E-state index in [-0.39, 0.29) is 11.2 Å². The van der Waals surface area contributed by atoms with Crippen LogP contribution < -0.4 is 20.1 Å². The summed E-state index contributed by atoms with van der Waals surface area (Å²) in [4.78, 5) is 14.8. The summed E-state index contributed by atoms with van der Waals surface area (Å²) in [6.45, 7) is 4.75. The van der Waals surface area contributed by atoms with Gasteiger partial charge in [0.25, 0.3) is 0 Å². The summed E-state index contributed by atoms with van der Waals surface area (Å²) in [5.74, 6) is 1.17.